The Labute approximate surface area is 117 Å². The van der Waals surface area contributed by atoms with Crippen molar-refractivity contribution in [1.29, 1.82) is 0 Å². The first-order valence-corrected chi connectivity index (χ1v) is 5.77. The van der Waals surface area contributed by atoms with Gasteiger partial charge in [0.05, 0.1) is 16.3 Å². The molecule has 0 bridgehead atoms. The molecule has 7 nitrogen and oxygen atoms in total. The minimum atomic E-state index is -1.27. The summed E-state index contributed by atoms with van der Waals surface area (Å²) in [6, 6.07) is 3.83. The van der Waals surface area contributed by atoms with E-state index in [0.717, 1.165) is 6.07 Å². The number of carbonyl (C=O) groups excluding carboxylic acids is 1. The largest absolute Gasteiger partial charge is 0.506 e. The average Bonchev–Trinajstić information content (AvgIpc) is 2.83. The zero-order chi connectivity index (χ0) is 14.9. The van der Waals surface area contributed by atoms with Crippen LogP contribution in [0.15, 0.2) is 22.7 Å². The highest BCUT2D eigenvalue weighted by Gasteiger charge is 2.20. The molecule has 1 amide bonds. The van der Waals surface area contributed by atoms with Crippen LogP contribution in [0.25, 0.3) is 11.3 Å². The van der Waals surface area contributed by atoms with Crippen molar-refractivity contribution in [3.63, 3.8) is 0 Å². The van der Waals surface area contributed by atoms with Crippen molar-refractivity contribution in [1.82, 2.24) is 5.16 Å². The summed E-state index contributed by atoms with van der Waals surface area (Å²) in [7, 11) is 0. The van der Waals surface area contributed by atoms with E-state index in [2.05, 4.69) is 10.5 Å². The van der Waals surface area contributed by atoms with Gasteiger partial charge in [-0.25, -0.2) is 4.79 Å². The van der Waals surface area contributed by atoms with Crippen LogP contribution in [0.2, 0.25) is 5.02 Å². The van der Waals surface area contributed by atoms with Crippen LogP contribution in [0.3, 0.4) is 0 Å². The van der Waals surface area contributed by atoms with E-state index in [0.29, 0.717) is 0 Å². The molecule has 104 valence electrons. The molecule has 2 rings (SSSR count). The summed E-state index contributed by atoms with van der Waals surface area (Å²) in [6.45, 7) is 1.26. The maximum absolute atomic E-state index is 11.2. The van der Waals surface area contributed by atoms with Crippen molar-refractivity contribution >= 4 is 29.2 Å². The zero-order valence-electron chi connectivity index (χ0n) is 10.2. The zero-order valence-corrected chi connectivity index (χ0v) is 10.9. The minimum absolute atomic E-state index is 0.0204. The molecule has 0 aliphatic heterocycles. The van der Waals surface area contributed by atoms with Gasteiger partial charge >= 0.3 is 5.97 Å². The van der Waals surface area contributed by atoms with Gasteiger partial charge < -0.3 is 20.1 Å². The molecule has 0 fully saturated rings. The van der Waals surface area contributed by atoms with Crippen molar-refractivity contribution in [2.24, 2.45) is 0 Å². The monoisotopic (exact) mass is 296 g/mol. The molecule has 1 heterocycles. The van der Waals surface area contributed by atoms with E-state index in [-0.39, 0.29) is 33.5 Å². The number of hydrogen-bond acceptors (Lipinski definition) is 5. The molecule has 1 aromatic carbocycles. The normalized spacial score (nSPS) is 10.3. The van der Waals surface area contributed by atoms with Crippen LogP contribution in [0.5, 0.6) is 5.75 Å². The first-order valence-electron chi connectivity index (χ1n) is 5.39. The first-order chi connectivity index (χ1) is 9.40. The summed E-state index contributed by atoms with van der Waals surface area (Å²) in [6.07, 6.45) is 0. The number of phenols is 1. The van der Waals surface area contributed by atoms with E-state index in [1.165, 1.54) is 19.1 Å². The molecule has 0 unspecified atom stereocenters. The number of benzene rings is 1. The molecule has 0 aliphatic carbocycles. The maximum atomic E-state index is 11.2. The van der Waals surface area contributed by atoms with Crippen molar-refractivity contribution in [2.75, 3.05) is 5.32 Å². The van der Waals surface area contributed by atoms with Gasteiger partial charge in [0.1, 0.15) is 5.75 Å². The first kappa shape index (κ1) is 13.9. The molecule has 8 heteroatoms. The lowest BCUT2D eigenvalue weighted by Gasteiger charge is -2.11. The third kappa shape index (κ3) is 2.57. The van der Waals surface area contributed by atoms with E-state index >= 15 is 0 Å². The molecule has 0 aliphatic rings. The number of anilines is 1. The number of amides is 1. The number of carboxylic acids is 1. The molecule has 0 atom stereocenters. The summed E-state index contributed by atoms with van der Waals surface area (Å²) < 4.78 is 4.89. The highest BCUT2D eigenvalue weighted by atomic mass is 35.5. The number of aromatic hydroxyl groups is 1. The van der Waals surface area contributed by atoms with E-state index in [9.17, 15) is 14.7 Å². The lowest BCUT2D eigenvalue weighted by Crippen LogP contribution is -2.07. The number of rotatable bonds is 3. The van der Waals surface area contributed by atoms with Gasteiger partial charge in [0, 0.05) is 13.0 Å². The third-order valence-electron chi connectivity index (χ3n) is 2.41. The van der Waals surface area contributed by atoms with Crippen LogP contribution in [-0.4, -0.2) is 27.2 Å². The smallest absolute Gasteiger partial charge is 0.358 e. The second-order valence-electron chi connectivity index (χ2n) is 3.88. The van der Waals surface area contributed by atoms with Gasteiger partial charge in [-0.1, -0.05) is 16.8 Å². The van der Waals surface area contributed by atoms with Gasteiger partial charge in [-0.2, -0.15) is 0 Å². The van der Waals surface area contributed by atoms with E-state index < -0.39 is 11.9 Å². The number of halogens is 1. The Morgan fingerprint density at radius 3 is 2.65 bits per heavy atom. The number of carboxylic acid groups (broad SMARTS) is 1. The minimum Gasteiger partial charge on any atom is -0.506 e. The lowest BCUT2D eigenvalue weighted by atomic mass is 10.1. The second kappa shape index (κ2) is 5.22. The van der Waals surface area contributed by atoms with Crippen LogP contribution in [0.1, 0.15) is 17.4 Å². The molecule has 0 radical (unpaired) electrons. The van der Waals surface area contributed by atoms with E-state index in [1.54, 1.807) is 0 Å². The number of hydrogen-bond donors (Lipinski definition) is 3. The highest BCUT2D eigenvalue weighted by Crippen LogP contribution is 2.40. The number of aromatic nitrogens is 1. The van der Waals surface area contributed by atoms with E-state index in [1.807, 2.05) is 0 Å². The van der Waals surface area contributed by atoms with Gasteiger partial charge in [-0.05, 0) is 12.1 Å². The van der Waals surface area contributed by atoms with Gasteiger partial charge in [-0.3, -0.25) is 4.79 Å². The van der Waals surface area contributed by atoms with Gasteiger partial charge in [0.15, 0.2) is 11.5 Å². The lowest BCUT2D eigenvalue weighted by molar-refractivity contribution is -0.114. The Morgan fingerprint density at radius 2 is 2.10 bits per heavy atom. The molecule has 20 heavy (non-hydrogen) atoms. The molecule has 1 aromatic heterocycles. The predicted octanol–water partition coefficient (Wildman–Crippen LogP) is 2.36. The van der Waals surface area contributed by atoms with Crippen LogP contribution in [0, 0.1) is 0 Å². The SMILES string of the molecule is CC(=O)Nc1c(O)ccc(Cl)c1-c1cc(C(=O)O)no1. The van der Waals surface area contributed by atoms with E-state index in [4.69, 9.17) is 21.2 Å². The van der Waals surface area contributed by atoms with Gasteiger partial charge in [0.2, 0.25) is 5.91 Å². The number of nitrogens with zero attached hydrogens (tertiary/aromatic N) is 1. The van der Waals surface area contributed by atoms with Crippen LogP contribution >= 0.6 is 11.6 Å². The summed E-state index contributed by atoms with van der Waals surface area (Å²) in [5, 5.41) is 24.5. The summed E-state index contributed by atoms with van der Waals surface area (Å²) in [5.74, 6) is -1.90. The average molecular weight is 297 g/mol. The number of phenolic OH excluding ortho intramolecular Hbond substituents is 1. The number of nitrogens with one attached hydrogen (secondary N) is 1. The second-order valence-corrected chi connectivity index (χ2v) is 4.29. The van der Waals surface area contributed by atoms with Gasteiger partial charge in [-0.15, -0.1) is 0 Å². The van der Waals surface area contributed by atoms with Crippen molar-refractivity contribution in [2.45, 2.75) is 6.92 Å². The Bertz CT molecular complexity index is 695. The molecular weight excluding hydrogens is 288 g/mol. The molecular formula is C12H9ClN2O5. The quantitative estimate of drug-likeness (QED) is 0.749. The highest BCUT2D eigenvalue weighted by molar-refractivity contribution is 6.34. The van der Waals surface area contributed by atoms with Crippen molar-refractivity contribution < 1.29 is 24.3 Å². The van der Waals surface area contributed by atoms with Gasteiger partial charge in [0.25, 0.3) is 0 Å². The summed E-state index contributed by atoms with van der Waals surface area (Å²) >= 11 is 6.01. The Hall–Kier alpha value is -2.54. The Balaban J connectivity index is 2.61. The number of aromatic carboxylic acids is 1. The maximum Gasteiger partial charge on any atom is 0.358 e. The standard InChI is InChI=1S/C12H9ClN2O5/c1-5(16)14-11-8(17)3-2-6(13)10(11)9-4-7(12(18)19)15-20-9/h2-4,17H,1H3,(H,14,16)(H,18,19). The molecule has 2 aromatic rings. The Morgan fingerprint density at radius 1 is 1.40 bits per heavy atom. The van der Waals surface area contributed by atoms with Crippen molar-refractivity contribution in [3.8, 4) is 17.1 Å². The Kier molecular flexibility index (Phi) is 3.62. The van der Waals surface area contributed by atoms with Crippen LogP contribution < -0.4 is 5.32 Å². The molecule has 0 saturated carbocycles. The fourth-order valence-electron chi connectivity index (χ4n) is 1.60. The summed E-state index contributed by atoms with van der Waals surface area (Å²) in [4.78, 5) is 22.0. The summed E-state index contributed by atoms with van der Waals surface area (Å²) in [5.41, 5.74) is -0.131. The van der Waals surface area contributed by atoms with Crippen LogP contribution in [-0.2, 0) is 4.79 Å². The molecule has 3 N–H and O–H groups in total. The fraction of sp³-hybridized carbons (Fsp3) is 0.0833. The fourth-order valence-corrected chi connectivity index (χ4v) is 1.85. The molecule has 0 saturated heterocycles. The topological polar surface area (TPSA) is 113 Å². The third-order valence-corrected chi connectivity index (χ3v) is 2.72. The predicted molar refractivity (Wildman–Crippen MR) is 69.9 cm³/mol. The molecule has 0 spiro atoms. The van der Waals surface area contributed by atoms with Crippen LogP contribution in [0.4, 0.5) is 5.69 Å². The van der Waals surface area contributed by atoms with Crippen molar-refractivity contribution in [3.05, 3.63) is 28.9 Å². The number of carbonyl (C=O) groups is 2.